The summed E-state index contributed by atoms with van der Waals surface area (Å²) in [6.45, 7) is 0. The van der Waals surface area contributed by atoms with E-state index in [9.17, 15) is 9.59 Å². The van der Waals surface area contributed by atoms with Crippen LogP contribution in [0.2, 0.25) is 5.02 Å². The van der Waals surface area contributed by atoms with Crippen LogP contribution in [-0.4, -0.2) is 11.8 Å². The van der Waals surface area contributed by atoms with E-state index in [0.717, 1.165) is 11.3 Å². The lowest BCUT2D eigenvalue weighted by atomic mass is 10.1. The number of amides is 2. The number of carbonyl (C=O) groups excluding carboxylic acids is 2. The van der Waals surface area contributed by atoms with E-state index >= 15 is 0 Å². The zero-order valence-corrected chi connectivity index (χ0v) is 15.0. The van der Waals surface area contributed by atoms with Gasteiger partial charge >= 0.3 is 0 Å². The topological polar surface area (TPSA) is 70.2 Å². The molecule has 6 heteroatoms. The van der Waals surface area contributed by atoms with Gasteiger partial charge in [-0.05, 0) is 42.0 Å². The number of rotatable bonds is 3. The number of halogens is 1. The van der Waals surface area contributed by atoms with E-state index < -0.39 is 0 Å². The lowest BCUT2D eigenvalue weighted by Crippen LogP contribution is -2.38. The molecule has 0 unspecified atom stereocenters. The number of hydrogen-bond donors (Lipinski definition) is 3. The molecule has 0 saturated heterocycles. The third-order valence-electron chi connectivity index (χ3n) is 4.34. The Morgan fingerprint density at radius 3 is 2.56 bits per heavy atom. The van der Waals surface area contributed by atoms with Crippen molar-refractivity contribution in [1.82, 2.24) is 5.32 Å². The molecular formula is C21H16ClN3O2. The number of para-hydroxylation sites is 1. The van der Waals surface area contributed by atoms with Gasteiger partial charge in [0.15, 0.2) is 0 Å². The van der Waals surface area contributed by atoms with Crippen molar-refractivity contribution in [2.45, 2.75) is 6.17 Å². The van der Waals surface area contributed by atoms with E-state index in [2.05, 4.69) is 16.0 Å². The van der Waals surface area contributed by atoms with Crippen LogP contribution in [0.4, 0.5) is 11.4 Å². The molecule has 0 aromatic heterocycles. The van der Waals surface area contributed by atoms with Crippen molar-refractivity contribution in [3.63, 3.8) is 0 Å². The van der Waals surface area contributed by atoms with E-state index in [1.165, 1.54) is 0 Å². The van der Waals surface area contributed by atoms with Crippen LogP contribution in [0.1, 0.15) is 32.4 Å². The Morgan fingerprint density at radius 1 is 0.926 bits per heavy atom. The first kappa shape index (κ1) is 17.1. The molecular weight excluding hydrogens is 362 g/mol. The molecule has 1 aliphatic rings. The molecule has 0 bridgehead atoms. The summed E-state index contributed by atoms with van der Waals surface area (Å²) in [4.78, 5) is 24.8. The van der Waals surface area contributed by atoms with Crippen molar-refractivity contribution in [2.75, 3.05) is 10.6 Å². The van der Waals surface area contributed by atoms with E-state index in [4.69, 9.17) is 11.6 Å². The van der Waals surface area contributed by atoms with Gasteiger partial charge in [0.25, 0.3) is 11.8 Å². The lowest BCUT2D eigenvalue weighted by molar-refractivity contribution is 0.0934. The molecule has 134 valence electrons. The molecule has 0 fully saturated rings. The van der Waals surface area contributed by atoms with Crippen LogP contribution < -0.4 is 16.0 Å². The minimum Gasteiger partial charge on any atom is -0.361 e. The highest BCUT2D eigenvalue weighted by Gasteiger charge is 2.24. The molecule has 5 nitrogen and oxygen atoms in total. The van der Waals surface area contributed by atoms with Crippen molar-refractivity contribution >= 4 is 34.8 Å². The van der Waals surface area contributed by atoms with Crippen molar-refractivity contribution in [1.29, 1.82) is 0 Å². The highest BCUT2D eigenvalue weighted by Crippen LogP contribution is 2.27. The fourth-order valence-corrected chi connectivity index (χ4v) is 3.24. The number of nitrogens with one attached hydrogen (secondary N) is 3. The molecule has 0 saturated carbocycles. The van der Waals surface area contributed by atoms with Crippen molar-refractivity contribution in [3.05, 3.63) is 94.5 Å². The largest absolute Gasteiger partial charge is 0.361 e. The highest BCUT2D eigenvalue weighted by atomic mass is 35.5. The fraction of sp³-hybridized carbons (Fsp3) is 0.0476. The number of benzene rings is 3. The Hall–Kier alpha value is -3.31. The Bertz CT molecular complexity index is 1040. The predicted octanol–water partition coefficient (Wildman–Crippen LogP) is 4.45. The lowest BCUT2D eigenvalue weighted by Gasteiger charge is -2.28. The minimum absolute atomic E-state index is 0.139. The van der Waals surface area contributed by atoms with Gasteiger partial charge in [-0.15, -0.1) is 0 Å². The van der Waals surface area contributed by atoms with Gasteiger partial charge in [-0.2, -0.15) is 0 Å². The minimum atomic E-state index is -0.385. The summed E-state index contributed by atoms with van der Waals surface area (Å²) >= 11 is 6.08. The monoisotopic (exact) mass is 377 g/mol. The van der Waals surface area contributed by atoms with Crippen molar-refractivity contribution in [2.24, 2.45) is 0 Å². The number of hydrogen-bond acceptors (Lipinski definition) is 3. The molecule has 3 N–H and O–H groups in total. The van der Waals surface area contributed by atoms with Crippen molar-refractivity contribution in [3.8, 4) is 0 Å². The predicted molar refractivity (Wildman–Crippen MR) is 106 cm³/mol. The van der Waals surface area contributed by atoms with Crippen LogP contribution in [0.15, 0.2) is 72.8 Å². The molecule has 1 heterocycles. The number of anilines is 2. The SMILES string of the molecule is O=C(Nc1cccc([C@@H]2NC(=O)c3ccccc3N2)c1)c1ccccc1Cl. The summed E-state index contributed by atoms with van der Waals surface area (Å²) in [7, 11) is 0. The van der Waals surface area contributed by atoms with E-state index in [-0.39, 0.29) is 18.0 Å². The summed E-state index contributed by atoms with van der Waals surface area (Å²) in [5, 5.41) is 9.46. The molecule has 3 aromatic carbocycles. The standard InChI is InChI=1S/C21H16ClN3O2/c22-17-10-3-1-8-15(17)20(26)23-14-7-5-6-13(12-14)19-24-18-11-4-2-9-16(18)21(27)25-19/h1-12,19,24H,(H,23,26)(H,25,27)/t19-/m0/s1. The second-order valence-corrected chi connectivity index (χ2v) is 6.56. The number of carbonyl (C=O) groups is 2. The molecule has 0 aliphatic carbocycles. The van der Waals surface area contributed by atoms with Gasteiger partial charge in [-0.1, -0.05) is 48.0 Å². The van der Waals surface area contributed by atoms with Gasteiger partial charge in [0.05, 0.1) is 16.1 Å². The molecule has 2 amide bonds. The van der Waals surface area contributed by atoms with E-state index in [0.29, 0.717) is 21.8 Å². The summed E-state index contributed by atoms with van der Waals surface area (Å²) in [5.41, 5.74) is 3.23. The Balaban J connectivity index is 1.56. The van der Waals surface area contributed by atoms with Gasteiger partial charge in [-0.3, -0.25) is 9.59 Å². The first-order chi connectivity index (χ1) is 13.1. The summed E-state index contributed by atoms with van der Waals surface area (Å²) < 4.78 is 0. The normalized spacial score (nSPS) is 15.3. The summed E-state index contributed by atoms with van der Waals surface area (Å²) in [6.07, 6.45) is -0.385. The average molecular weight is 378 g/mol. The van der Waals surface area contributed by atoms with Crippen LogP contribution in [-0.2, 0) is 0 Å². The van der Waals surface area contributed by atoms with Gasteiger partial charge in [0.2, 0.25) is 0 Å². The zero-order chi connectivity index (χ0) is 18.8. The molecule has 0 radical (unpaired) electrons. The molecule has 27 heavy (non-hydrogen) atoms. The van der Waals surface area contributed by atoms with Gasteiger partial charge in [0.1, 0.15) is 6.17 Å². The molecule has 1 aliphatic heterocycles. The van der Waals surface area contributed by atoms with Crippen LogP contribution >= 0.6 is 11.6 Å². The van der Waals surface area contributed by atoms with Crippen LogP contribution in [0.3, 0.4) is 0 Å². The maximum atomic E-state index is 12.5. The quantitative estimate of drug-likeness (QED) is 0.631. The second kappa shape index (κ2) is 7.13. The summed E-state index contributed by atoms with van der Waals surface area (Å²) in [5.74, 6) is -0.427. The molecule has 1 atom stereocenters. The van der Waals surface area contributed by atoms with Crippen LogP contribution in [0.25, 0.3) is 0 Å². The molecule has 3 aromatic rings. The highest BCUT2D eigenvalue weighted by molar-refractivity contribution is 6.34. The van der Waals surface area contributed by atoms with Gasteiger partial charge < -0.3 is 16.0 Å². The van der Waals surface area contributed by atoms with Gasteiger partial charge in [-0.25, -0.2) is 0 Å². The molecule has 0 spiro atoms. The first-order valence-electron chi connectivity index (χ1n) is 8.44. The van der Waals surface area contributed by atoms with E-state index in [1.54, 1.807) is 36.4 Å². The van der Waals surface area contributed by atoms with E-state index in [1.807, 2.05) is 36.4 Å². The third kappa shape index (κ3) is 3.50. The van der Waals surface area contributed by atoms with Crippen molar-refractivity contribution < 1.29 is 9.59 Å². The fourth-order valence-electron chi connectivity index (χ4n) is 3.01. The Kier molecular flexibility index (Phi) is 4.52. The smallest absolute Gasteiger partial charge is 0.257 e. The zero-order valence-electron chi connectivity index (χ0n) is 14.2. The number of fused-ring (bicyclic) bond motifs is 1. The summed E-state index contributed by atoms with van der Waals surface area (Å²) in [6, 6.07) is 21.5. The van der Waals surface area contributed by atoms with Crippen LogP contribution in [0, 0.1) is 0 Å². The first-order valence-corrected chi connectivity index (χ1v) is 8.82. The third-order valence-corrected chi connectivity index (χ3v) is 4.67. The Labute approximate surface area is 161 Å². The maximum absolute atomic E-state index is 12.5. The average Bonchev–Trinajstić information content (AvgIpc) is 2.68. The molecule has 4 rings (SSSR count). The van der Waals surface area contributed by atoms with Crippen LogP contribution in [0.5, 0.6) is 0 Å². The second-order valence-electron chi connectivity index (χ2n) is 6.16. The maximum Gasteiger partial charge on any atom is 0.257 e. The van der Waals surface area contributed by atoms with Gasteiger partial charge in [0, 0.05) is 11.4 Å². The Morgan fingerprint density at radius 2 is 1.70 bits per heavy atom.